The Morgan fingerprint density at radius 3 is 2.88 bits per heavy atom. The summed E-state index contributed by atoms with van der Waals surface area (Å²) in [6, 6.07) is 8.25. The van der Waals surface area contributed by atoms with E-state index in [0.29, 0.717) is 11.4 Å². The monoisotopic (exact) mass is 312 g/mol. The molecule has 2 nitrogen and oxygen atoms in total. The van der Waals surface area contributed by atoms with Crippen molar-refractivity contribution in [2.24, 2.45) is 0 Å². The highest BCUT2D eigenvalue weighted by atomic mass is 79.9. The third kappa shape index (κ3) is 3.20. The van der Waals surface area contributed by atoms with E-state index in [0.717, 1.165) is 15.1 Å². The number of thioether (sulfide) groups is 1. The molecule has 1 aromatic carbocycles. The molecule has 0 saturated heterocycles. The summed E-state index contributed by atoms with van der Waals surface area (Å²) in [5, 5.41) is 0.899. The van der Waals surface area contributed by atoms with E-state index in [1.807, 2.05) is 12.1 Å². The topological polar surface area (TPSA) is 38.9 Å². The molecular formula is C12H10BrFN2S. The largest absolute Gasteiger partial charge is 0.398 e. The predicted molar refractivity (Wildman–Crippen MR) is 72.3 cm³/mol. The molecule has 0 aliphatic rings. The molecule has 2 aromatic rings. The minimum absolute atomic E-state index is 0.310. The van der Waals surface area contributed by atoms with Crippen LogP contribution in [0.5, 0.6) is 0 Å². The van der Waals surface area contributed by atoms with Gasteiger partial charge in [-0.2, -0.15) is 0 Å². The van der Waals surface area contributed by atoms with Gasteiger partial charge < -0.3 is 5.73 Å². The SMILES string of the molecule is Nc1cc(F)ccc1CSc1ncccc1Br. The molecule has 2 rings (SSSR count). The Kier molecular flexibility index (Phi) is 4.02. The molecule has 0 atom stereocenters. The average Bonchev–Trinajstić information content (AvgIpc) is 2.30. The molecular weight excluding hydrogens is 303 g/mol. The maximum atomic E-state index is 12.9. The van der Waals surface area contributed by atoms with Crippen molar-refractivity contribution in [1.29, 1.82) is 0 Å². The summed E-state index contributed by atoms with van der Waals surface area (Å²) >= 11 is 4.99. The number of pyridine rings is 1. The maximum absolute atomic E-state index is 12.9. The highest BCUT2D eigenvalue weighted by molar-refractivity contribution is 9.10. The molecule has 1 heterocycles. The van der Waals surface area contributed by atoms with Gasteiger partial charge in [0.15, 0.2) is 0 Å². The Morgan fingerprint density at radius 1 is 1.35 bits per heavy atom. The number of anilines is 1. The Hall–Kier alpha value is -1.07. The zero-order valence-corrected chi connectivity index (χ0v) is 11.3. The number of nitrogens with zero attached hydrogens (tertiary/aromatic N) is 1. The van der Waals surface area contributed by atoms with Gasteiger partial charge >= 0.3 is 0 Å². The molecule has 0 bridgehead atoms. The molecule has 2 N–H and O–H groups in total. The standard InChI is InChI=1S/C12H10BrFN2S/c13-10-2-1-5-16-12(10)17-7-8-3-4-9(14)6-11(8)15/h1-6H,7,15H2. The number of rotatable bonds is 3. The van der Waals surface area contributed by atoms with Crippen LogP contribution in [0.15, 0.2) is 46.0 Å². The fraction of sp³-hybridized carbons (Fsp3) is 0.0833. The van der Waals surface area contributed by atoms with E-state index >= 15 is 0 Å². The second-order valence-electron chi connectivity index (χ2n) is 3.42. The van der Waals surface area contributed by atoms with Crippen molar-refractivity contribution >= 4 is 33.4 Å². The van der Waals surface area contributed by atoms with Crippen LogP contribution in [0.1, 0.15) is 5.56 Å². The first kappa shape index (κ1) is 12.4. The fourth-order valence-corrected chi connectivity index (χ4v) is 2.82. The maximum Gasteiger partial charge on any atom is 0.125 e. The number of aromatic nitrogens is 1. The fourth-order valence-electron chi connectivity index (χ4n) is 1.32. The van der Waals surface area contributed by atoms with E-state index < -0.39 is 0 Å². The predicted octanol–water partition coefficient (Wildman–Crippen LogP) is 3.86. The molecule has 0 aliphatic carbocycles. The van der Waals surface area contributed by atoms with Crippen molar-refractivity contribution in [2.75, 3.05) is 5.73 Å². The number of nitrogen functional groups attached to an aromatic ring is 1. The van der Waals surface area contributed by atoms with Crippen molar-refractivity contribution in [1.82, 2.24) is 4.98 Å². The second-order valence-corrected chi connectivity index (χ2v) is 5.24. The van der Waals surface area contributed by atoms with Crippen molar-refractivity contribution in [3.05, 3.63) is 52.4 Å². The second kappa shape index (κ2) is 5.51. The van der Waals surface area contributed by atoms with Crippen molar-refractivity contribution in [2.45, 2.75) is 10.8 Å². The summed E-state index contributed by atoms with van der Waals surface area (Å²) < 4.78 is 13.8. The molecule has 0 saturated carbocycles. The zero-order valence-electron chi connectivity index (χ0n) is 8.86. The van der Waals surface area contributed by atoms with Crippen molar-refractivity contribution in [3.63, 3.8) is 0 Å². The van der Waals surface area contributed by atoms with Gasteiger partial charge in [-0.25, -0.2) is 9.37 Å². The van der Waals surface area contributed by atoms with E-state index in [2.05, 4.69) is 20.9 Å². The van der Waals surface area contributed by atoms with Crippen molar-refractivity contribution in [3.8, 4) is 0 Å². The van der Waals surface area contributed by atoms with Crippen LogP contribution in [0.2, 0.25) is 0 Å². The first-order valence-corrected chi connectivity index (χ1v) is 6.72. The van der Waals surface area contributed by atoms with Gasteiger partial charge in [-0.1, -0.05) is 6.07 Å². The van der Waals surface area contributed by atoms with E-state index in [4.69, 9.17) is 5.73 Å². The van der Waals surface area contributed by atoms with Gasteiger partial charge in [0.2, 0.25) is 0 Å². The molecule has 0 radical (unpaired) electrons. The Bertz CT molecular complexity index is 534. The Balaban J connectivity index is 2.10. The lowest BCUT2D eigenvalue weighted by Gasteiger charge is -2.06. The van der Waals surface area contributed by atoms with Crippen molar-refractivity contribution < 1.29 is 4.39 Å². The van der Waals surface area contributed by atoms with E-state index in [1.165, 1.54) is 12.1 Å². The molecule has 0 fully saturated rings. The van der Waals surface area contributed by atoms with E-state index in [1.54, 1.807) is 24.0 Å². The molecule has 0 unspecified atom stereocenters. The Labute approximate surface area is 112 Å². The molecule has 5 heteroatoms. The van der Waals surface area contributed by atoms with Gasteiger partial charge in [0, 0.05) is 22.1 Å². The number of benzene rings is 1. The van der Waals surface area contributed by atoms with Gasteiger partial charge in [0.05, 0.1) is 0 Å². The molecule has 1 aromatic heterocycles. The number of hydrogen-bond donors (Lipinski definition) is 1. The number of halogens is 2. The van der Waals surface area contributed by atoms with Crippen LogP contribution in [0.25, 0.3) is 0 Å². The quantitative estimate of drug-likeness (QED) is 0.691. The van der Waals surface area contributed by atoms with E-state index in [9.17, 15) is 4.39 Å². The number of hydrogen-bond acceptors (Lipinski definition) is 3. The third-order valence-electron chi connectivity index (χ3n) is 2.20. The summed E-state index contributed by atoms with van der Waals surface area (Å²) in [6.45, 7) is 0. The summed E-state index contributed by atoms with van der Waals surface area (Å²) in [7, 11) is 0. The van der Waals surface area contributed by atoms with Crippen LogP contribution < -0.4 is 5.73 Å². The Morgan fingerprint density at radius 2 is 2.18 bits per heavy atom. The highest BCUT2D eigenvalue weighted by Gasteiger charge is 2.05. The van der Waals surface area contributed by atoms with Crippen LogP contribution >= 0.6 is 27.7 Å². The minimum atomic E-state index is -0.310. The average molecular weight is 313 g/mol. The molecule has 88 valence electrons. The van der Waals surface area contributed by atoms with Crippen LogP contribution in [-0.2, 0) is 5.75 Å². The smallest absolute Gasteiger partial charge is 0.125 e. The van der Waals surface area contributed by atoms with Gasteiger partial charge in [0.1, 0.15) is 10.8 Å². The molecule has 0 aliphatic heterocycles. The van der Waals surface area contributed by atoms with Crippen LogP contribution in [-0.4, -0.2) is 4.98 Å². The van der Waals surface area contributed by atoms with Gasteiger partial charge in [-0.3, -0.25) is 0 Å². The first-order valence-electron chi connectivity index (χ1n) is 4.94. The minimum Gasteiger partial charge on any atom is -0.398 e. The van der Waals surface area contributed by atoms with Crippen LogP contribution in [0.4, 0.5) is 10.1 Å². The number of nitrogens with two attached hydrogens (primary N) is 1. The van der Waals surface area contributed by atoms with Crippen LogP contribution in [0.3, 0.4) is 0 Å². The third-order valence-corrected chi connectivity index (χ3v) is 4.15. The van der Waals surface area contributed by atoms with E-state index in [-0.39, 0.29) is 5.82 Å². The van der Waals surface area contributed by atoms with Crippen LogP contribution in [0, 0.1) is 5.82 Å². The molecule has 17 heavy (non-hydrogen) atoms. The summed E-state index contributed by atoms with van der Waals surface area (Å²) in [6.07, 6.45) is 1.74. The zero-order chi connectivity index (χ0) is 12.3. The molecule has 0 amide bonds. The summed E-state index contributed by atoms with van der Waals surface area (Å²) in [5.41, 5.74) is 7.13. The summed E-state index contributed by atoms with van der Waals surface area (Å²) in [4.78, 5) is 4.24. The summed E-state index contributed by atoms with van der Waals surface area (Å²) in [5.74, 6) is 0.358. The molecule has 0 spiro atoms. The lowest BCUT2D eigenvalue weighted by Crippen LogP contribution is -1.94. The highest BCUT2D eigenvalue weighted by Crippen LogP contribution is 2.29. The lowest BCUT2D eigenvalue weighted by atomic mass is 10.2. The first-order chi connectivity index (χ1) is 8.16. The van der Waals surface area contributed by atoms with Gasteiger partial charge in [-0.05, 0) is 45.8 Å². The normalized spacial score (nSPS) is 10.5. The van der Waals surface area contributed by atoms with Gasteiger partial charge in [0.25, 0.3) is 0 Å². The lowest BCUT2D eigenvalue weighted by molar-refractivity contribution is 0.628. The van der Waals surface area contributed by atoms with Gasteiger partial charge in [-0.15, -0.1) is 11.8 Å².